The first kappa shape index (κ1) is 21.9. The first-order valence-electron chi connectivity index (χ1n) is 9.27. The molecule has 0 aromatic heterocycles. The molecular formula is C22H18F3NO5. The molecule has 0 heterocycles. The monoisotopic (exact) mass is 433 g/mol. The van der Waals surface area contributed by atoms with Gasteiger partial charge in [-0.25, -0.2) is 0 Å². The van der Waals surface area contributed by atoms with Crippen molar-refractivity contribution in [2.75, 3.05) is 13.2 Å². The molecule has 31 heavy (non-hydrogen) atoms. The SMILES string of the molecule is O=[N+]([O-])c1cc(-c2ccc(OC(F)(F)F)cc2)ccc1OCCCOc1ccccc1. The number of alkyl halides is 3. The Morgan fingerprint density at radius 1 is 0.806 bits per heavy atom. The summed E-state index contributed by atoms with van der Waals surface area (Å²) in [5, 5.41) is 11.4. The summed E-state index contributed by atoms with van der Waals surface area (Å²) in [6, 6.07) is 18.7. The van der Waals surface area contributed by atoms with Crippen LogP contribution in [0.25, 0.3) is 11.1 Å². The second kappa shape index (κ2) is 9.84. The molecule has 0 saturated heterocycles. The summed E-state index contributed by atoms with van der Waals surface area (Å²) < 4.78 is 51.7. The van der Waals surface area contributed by atoms with Gasteiger partial charge in [0.05, 0.1) is 18.1 Å². The molecule has 0 saturated carbocycles. The van der Waals surface area contributed by atoms with Crippen LogP contribution in [0.4, 0.5) is 18.9 Å². The van der Waals surface area contributed by atoms with Gasteiger partial charge in [-0.15, -0.1) is 13.2 Å². The van der Waals surface area contributed by atoms with E-state index < -0.39 is 11.3 Å². The predicted octanol–water partition coefficient (Wildman–Crippen LogP) is 6.01. The molecule has 6 nitrogen and oxygen atoms in total. The van der Waals surface area contributed by atoms with E-state index in [1.165, 1.54) is 24.3 Å². The molecule has 0 bridgehead atoms. The second-order valence-electron chi connectivity index (χ2n) is 6.38. The Balaban J connectivity index is 1.62. The molecule has 162 valence electrons. The number of para-hydroxylation sites is 1. The highest BCUT2D eigenvalue weighted by Gasteiger charge is 2.31. The molecule has 9 heteroatoms. The summed E-state index contributed by atoms with van der Waals surface area (Å²) in [5.74, 6) is 0.457. The van der Waals surface area contributed by atoms with Crippen LogP contribution in [0.5, 0.6) is 17.2 Å². The van der Waals surface area contributed by atoms with Crippen molar-refractivity contribution >= 4 is 5.69 Å². The maximum atomic E-state index is 12.3. The first-order chi connectivity index (χ1) is 14.8. The first-order valence-corrected chi connectivity index (χ1v) is 9.27. The zero-order valence-electron chi connectivity index (χ0n) is 16.2. The zero-order valence-corrected chi connectivity index (χ0v) is 16.2. The minimum absolute atomic E-state index is 0.102. The van der Waals surface area contributed by atoms with Crippen LogP contribution in [0.3, 0.4) is 0 Å². The topological polar surface area (TPSA) is 70.8 Å². The molecular weight excluding hydrogens is 415 g/mol. The van der Waals surface area contributed by atoms with Crippen LogP contribution in [0.1, 0.15) is 6.42 Å². The largest absolute Gasteiger partial charge is 0.573 e. The van der Waals surface area contributed by atoms with Gasteiger partial charge >= 0.3 is 12.0 Å². The lowest BCUT2D eigenvalue weighted by atomic mass is 10.0. The molecule has 0 aliphatic rings. The highest BCUT2D eigenvalue weighted by molar-refractivity contribution is 5.69. The smallest absolute Gasteiger partial charge is 0.493 e. The Morgan fingerprint density at radius 2 is 1.45 bits per heavy atom. The lowest BCUT2D eigenvalue weighted by Gasteiger charge is -2.11. The fourth-order valence-corrected chi connectivity index (χ4v) is 2.76. The molecule has 0 N–H and O–H groups in total. The van der Waals surface area contributed by atoms with E-state index in [4.69, 9.17) is 9.47 Å². The molecule has 3 aromatic carbocycles. The molecule has 0 aliphatic carbocycles. The fourth-order valence-electron chi connectivity index (χ4n) is 2.76. The molecule has 0 spiro atoms. The van der Waals surface area contributed by atoms with E-state index in [0.29, 0.717) is 24.2 Å². The molecule has 0 fully saturated rings. The van der Waals surface area contributed by atoms with Crippen LogP contribution >= 0.6 is 0 Å². The van der Waals surface area contributed by atoms with E-state index >= 15 is 0 Å². The van der Waals surface area contributed by atoms with E-state index in [-0.39, 0.29) is 23.8 Å². The van der Waals surface area contributed by atoms with Crippen LogP contribution in [0, 0.1) is 10.1 Å². The third kappa shape index (κ3) is 6.63. The minimum atomic E-state index is -4.79. The molecule has 3 aromatic rings. The number of hydrogen-bond donors (Lipinski definition) is 0. The Hall–Kier alpha value is -3.75. The predicted molar refractivity (Wildman–Crippen MR) is 107 cm³/mol. The number of halogens is 3. The van der Waals surface area contributed by atoms with Gasteiger partial charge in [0.25, 0.3) is 0 Å². The number of nitrogens with zero attached hydrogens (tertiary/aromatic N) is 1. The number of rotatable bonds is 9. The molecule has 0 atom stereocenters. The van der Waals surface area contributed by atoms with Crippen LogP contribution in [0.2, 0.25) is 0 Å². The highest BCUT2D eigenvalue weighted by Crippen LogP contribution is 2.33. The molecule has 0 amide bonds. The van der Waals surface area contributed by atoms with E-state index in [2.05, 4.69) is 4.74 Å². The summed E-state index contributed by atoms with van der Waals surface area (Å²) in [6.45, 7) is 0.610. The van der Waals surface area contributed by atoms with Gasteiger partial charge in [0, 0.05) is 12.5 Å². The van der Waals surface area contributed by atoms with E-state index in [1.54, 1.807) is 6.07 Å². The maximum absolute atomic E-state index is 12.3. The van der Waals surface area contributed by atoms with E-state index in [9.17, 15) is 23.3 Å². The minimum Gasteiger partial charge on any atom is -0.493 e. The average Bonchev–Trinajstić information content (AvgIpc) is 2.74. The Morgan fingerprint density at radius 3 is 2.10 bits per heavy atom. The van der Waals surface area contributed by atoms with Crippen LogP contribution < -0.4 is 14.2 Å². The van der Waals surface area contributed by atoms with Gasteiger partial charge in [0.15, 0.2) is 5.75 Å². The third-order valence-corrected chi connectivity index (χ3v) is 4.14. The van der Waals surface area contributed by atoms with E-state index in [1.807, 2.05) is 30.3 Å². The lowest BCUT2D eigenvalue weighted by Crippen LogP contribution is -2.16. The number of nitro groups is 1. The zero-order chi connectivity index (χ0) is 22.3. The summed E-state index contributed by atoms with van der Waals surface area (Å²) in [6.07, 6.45) is -4.26. The standard InChI is InChI=1S/C22H18F3NO5/c23-22(24,25)31-19-10-7-16(8-11-19)17-9-12-21(20(15-17)26(27)28)30-14-4-13-29-18-5-2-1-3-6-18/h1-3,5-12,15H,4,13-14H2. The molecule has 0 unspecified atom stereocenters. The summed E-state index contributed by atoms with van der Waals surface area (Å²) in [5.41, 5.74) is 0.725. The molecule has 0 aliphatic heterocycles. The highest BCUT2D eigenvalue weighted by atomic mass is 19.4. The maximum Gasteiger partial charge on any atom is 0.573 e. The van der Waals surface area contributed by atoms with Gasteiger partial charge in [0.1, 0.15) is 11.5 Å². The molecule has 3 rings (SSSR count). The Bertz CT molecular complexity index is 1010. The van der Waals surface area contributed by atoms with Crippen molar-refractivity contribution in [2.24, 2.45) is 0 Å². The quantitative estimate of drug-likeness (QED) is 0.235. The van der Waals surface area contributed by atoms with Crippen LogP contribution in [0.15, 0.2) is 72.8 Å². The number of hydrogen-bond acceptors (Lipinski definition) is 5. The van der Waals surface area contributed by atoms with Crippen molar-refractivity contribution in [3.05, 3.63) is 82.9 Å². The summed E-state index contributed by atoms with van der Waals surface area (Å²) >= 11 is 0. The van der Waals surface area contributed by atoms with Crippen LogP contribution in [-0.4, -0.2) is 24.5 Å². The number of benzene rings is 3. The lowest BCUT2D eigenvalue weighted by molar-refractivity contribution is -0.385. The van der Waals surface area contributed by atoms with Gasteiger partial charge in [-0.3, -0.25) is 10.1 Å². The number of ether oxygens (including phenoxy) is 3. The normalized spacial score (nSPS) is 11.1. The van der Waals surface area contributed by atoms with Crippen molar-refractivity contribution < 1.29 is 32.3 Å². The van der Waals surface area contributed by atoms with E-state index in [0.717, 1.165) is 17.9 Å². The van der Waals surface area contributed by atoms with Crippen molar-refractivity contribution in [3.8, 4) is 28.4 Å². The van der Waals surface area contributed by atoms with Crippen molar-refractivity contribution in [1.82, 2.24) is 0 Å². The summed E-state index contributed by atoms with van der Waals surface area (Å²) in [7, 11) is 0. The second-order valence-corrected chi connectivity index (χ2v) is 6.38. The summed E-state index contributed by atoms with van der Waals surface area (Å²) in [4.78, 5) is 10.9. The third-order valence-electron chi connectivity index (χ3n) is 4.14. The van der Waals surface area contributed by atoms with Crippen molar-refractivity contribution in [1.29, 1.82) is 0 Å². The van der Waals surface area contributed by atoms with Crippen molar-refractivity contribution in [3.63, 3.8) is 0 Å². The molecule has 0 radical (unpaired) electrons. The Labute approximate surface area is 175 Å². The van der Waals surface area contributed by atoms with Gasteiger partial charge in [0.2, 0.25) is 0 Å². The van der Waals surface area contributed by atoms with Crippen LogP contribution in [-0.2, 0) is 0 Å². The average molecular weight is 433 g/mol. The van der Waals surface area contributed by atoms with Gasteiger partial charge < -0.3 is 14.2 Å². The number of nitro benzene ring substituents is 1. The fraction of sp³-hybridized carbons (Fsp3) is 0.182. The van der Waals surface area contributed by atoms with Gasteiger partial charge in [-0.2, -0.15) is 0 Å². The van der Waals surface area contributed by atoms with Crippen molar-refractivity contribution in [2.45, 2.75) is 12.8 Å². The Kier molecular flexibility index (Phi) is 6.96. The van der Waals surface area contributed by atoms with Gasteiger partial charge in [-0.1, -0.05) is 36.4 Å². The van der Waals surface area contributed by atoms with Gasteiger partial charge in [-0.05, 0) is 41.5 Å².